The lowest BCUT2D eigenvalue weighted by Crippen LogP contribution is -2.37. The monoisotopic (exact) mass is 393 g/mol. The van der Waals surface area contributed by atoms with E-state index in [1.807, 2.05) is 6.07 Å². The first-order valence-corrected chi connectivity index (χ1v) is 10.7. The van der Waals surface area contributed by atoms with Crippen LogP contribution in [0.2, 0.25) is 0 Å². The van der Waals surface area contributed by atoms with Gasteiger partial charge in [0.05, 0.1) is 19.8 Å². The Morgan fingerprint density at radius 1 is 0.966 bits per heavy atom. The Morgan fingerprint density at radius 3 is 2.52 bits per heavy atom. The number of morpholine rings is 1. The number of ether oxygens (including phenoxy) is 1. The average Bonchev–Trinajstić information content (AvgIpc) is 3.19. The smallest absolute Gasteiger partial charge is 0.279 e. The van der Waals surface area contributed by atoms with Gasteiger partial charge in [0.1, 0.15) is 0 Å². The minimum Gasteiger partial charge on any atom is -0.378 e. The van der Waals surface area contributed by atoms with E-state index >= 15 is 0 Å². The molecule has 0 atom stereocenters. The molecule has 1 saturated heterocycles. The summed E-state index contributed by atoms with van der Waals surface area (Å²) in [5.41, 5.74) is 3.28. The fourth-order valence-electron chi connectivity index (χ4n) is 4.45. The van der Waals surface area contributed by atoms with Crippen molar-refractivity contribution in [3.63, 3.8) is 0 Å². The summed E-state index contributed by atoms with van der Waals surface area (Å²) in [5.74, 6) is 1.28. The number of fused-ring (bicyclic) bond motifs is 2. The number of benzene rings is 1. The van der Waals surface area contributed by atoms with Gasteiger partial charge in [-0.15, -0.1) is 5.10 Å². The van der Waals surface area contributed by atoms with E-state index in [9.17, 15) is 4.79 Å². The molecule has 5 rings (SSSR count). The van der Waals surface area contributed by atoms with Crippen LogP contribution in [0.25, 0.3) is 5.78 Å². The van der Waals surface area contributed by atoms with E-state index in [0.717, 1.165) is 50.0 Å². The zero-order chi connectivity index (χ0) is 19.6. The molecule has 29 heavy (non-hydrogen) atoms. The molecule has 1 aromatic carbocycles. The molecule has 152 valence electrons. The van der Waals surface area contributed by atoms with E-state index in [-0.39, 0.29) is 5.56 Å². The Kier molecular flexibility index (Phi) is 5.06. The summed E-state index contributed by atoms with van der Waals surface area (Å²) in [6.07, 6.45) is 6.33. The Labute approximate surface area is 169 Å². The van der Waals surface area contributed by atoms with Crippen LogP contribution >= 0.6 is 0 Å². The summed E-state index contributed by atoms with van der Waals surface area (Å²) in [7, 11) is 0. The van der Waals surface area contributed by atoms with Gasteiger partial charge in [-0.1, -0.05) is 43.2 Å². The van der Waals surface area contributed by atoms with Crippen LogP contribution < -0.4 is 10.5 Å². The number of hydrogen-bond donors (Lipinski definition) is 0. The van der Waals surface area contributed by atoms with Crippen LogP contribution in [0.4, 0.5) is 5.95 Å². The van der Waals surface area contributed by atoms with Gasteiger partial charge in [-0.05, 0) is 31.2 Å². The molecule has 0 bridgehead atoms. The summed E-state index contributed by atoms with van der Waals surface area (Å²) in [6, 6.07) is 10.4. The molecule has 3 aromatic rings. The lowest BCUT2D eigenvalue weighted by molar-refractivity contribution is 0.122. The minimum absolute atomic E-state index is 0.00761. The highest BCUT2D eigenvalue weighted by Crippen LogP contribution is 2.22. The van der Waals surface area contributed by atoms with Crippen molar-refractivity contribution in [3.8, 4) is 0 Å². The largest absolute Gasteiger partial charge is 0.378 e. The van der Waals surface area contributed by atoms with Gasteiger partial charge in [0, 0.05) is 24.3 Å². The second-order valence-corrected chi connectivity index (χ2v) is 7.94. The quantitative estimate of drug-likeness (QED) is 0.684. The molecule has 0 amide bonds. The third-order valence-corrected chi connectivity index (χ3v) is 6.01. The van der Waals surface area contributed by atoms with Gasteiger partial charge in [0.2, 0.25) is 11.7 Å². The van der Waals surface area contributed by atoms with Crippen molar-refractivity contribution in [1.82, 2.24) is 19.2 Å². The molecule has 2 aromatic heterocycles. The number of aromatic nitrogens is 4. The van der Waals surface area contributed by atoms with E-state index < -0.39 is 0 Å². The third kappa shape index (κ3) is 3.55. The number of hydrogen-bond acceptors (Lipinski definition) is 5. The van der Waals surface area contributed by atoms with Crippen LogP contribution in [-0.2, 0) is 24.1 Å². The molecule has 2 aliphatic rings. The highest BCUT2D eigenvalue weighted by Gasteiger charge is 2.23. The number of rotatable bonds is 3. The third-order valence-electron chi connectivity index (χ3n) is 6.01. The predicted octanol–water partition coefficient (Wildman–Crippen LogP) is 2.43. The molecular formula is C22H27N5O2. The summed E-state index contributed by atoms with van der Waals surface area (Å²) < 4.78 is 9.23. The molecule has 0 N–H and O–H groups in total. The van der Waals surface area contributed by atoms with Crippen LogP contribution in [0.3, 0.4) is 0 Å². The highest BCUT2D eigenvalue weighted by atomic mass is 16.5. The van der Waals surface area contributed by atoms with Crippen molar-refractivity contribution in [2.45, 2.75) is 45.1 Å². The fraction of sp³-hybridized carbons (Fsp3) is 0.500. The molecular weight excluding hydrogens is 366 g/mol. The summed E-state index contributed by atoms with van der Waals surface area (Å²) >= 11 is 0. The molecule has 1 aliphatic carbocycles. The molecule has 0 unspecified atom stereocenters. The Hall–Kier alpha value is -2.67. The highest BCUT2D eigenvalue weighted by molar-refractivity contribution is 5.44. The lowest BCUT2D eigenvalue weighted by atomic mass is 9.97. The van der Waals surface area contributed by atoms with Crippen LogP contribution in [0, 0.1) is 0 Å². The molecule has 3 heterocycles. The van der Waals surface area contributed by atoms with Crippen molar-refractivity contribution in [1.29, 1.82) is 0 Å². The maximum Gasteiger partial charge on any atom is 0.279 e. The van der Waals surface area contributed by atoms with E-state index in [4.69, 9.17) is 9.72 Å². The first-order chi connectivity index (χ1) is 14.3. The van der Waals surface area contributed by atoms with Gasteiger partial charge in [-0.2, -0.15) is 9.50 Å². The SMILES string of the molecule is O=c1c2c(n(Cc3ccccc3)c3nc(N4CCOCC4)nn13)CCCCCC2. The maximum atomic E-state index is 13.3. The van der Waals surface area contributed by atoms with E-state index in [1.54, 1.807) is 0 Å². The van der Waals surface area contributed by atoms with Gasteiger partial charge in [0.15, 0.2) is 0 Å². The number of nitrogens with zero attached hydrogens (tertiary/aromatic N) is 5. The lowest BCUT2D eigenvalue weighted by Gasteiger charge is -2.25. The van der Waals surface area contributed by atoms with Gasteiger partial charge in [0.25, 0.3) is 5.56 Å². The number of anilines is 1. The van der Waals surface area contributed by atoms with Gasteiger partial charge in [-0.3, -0.25) is 4.79 Å². The Bertz CT molecular complexity index is 1050. The molecule has 0 saturated carbocycles. The summed E-state index contributed by atoms with van der Waals surface area (Å²) in [6.45, 7) is 3.54. The first-order valence-electron chi connectivity index (χ1n) is 10.7. The van der Waals surface area contributed by atoms with Gasteiger partial charge in [-0.25, -0.2) is 0 Å². The zero-order valence-corrected chi connectivity index (χ0v) is 16.7. The zero-order valence-electron chi connectivity index (χ0n) is 16.7. The molecule has 1 aliphatic heterocycles. The van der Waals surface area contributed by atoms with Crippen molar-refractivity contribution < 1.29 is 4.74 Å². The molecule has 0 radical (unpaired) electrons. The van der Waals surface area contributed by atoms with E-state index in [0.29, 0.717) is 31.5 Å². The molecule has 1 fully saturated rings. The van der Waals surface area contributed by atoms with E-state index in [2.05, 4.69) is 38.8 Å². The summed E-state index contributed by atoms with van der Waals surface area (Å²) in [5, 5.41) is 4.64. The van der Waals surface area contributed by atoms with E-state index in [1.165, 1.54) is 22.9 Å². The Morgan fingerprint density at radius 2 is 1.72 bits per heavy atom. The van der Waals surface area contributed by atoms with Crippen LogP contribution in [0.1, 0.15) is 42.5 Å². The predicted molar refractivity (Wildman–Crippen MR) is 112 cm³/mol. The first kappa shape index (κ1) is 18.4. The topological polar surface area (TPSA) is 64.7 Å². The second kappa shape index (κ2) is 7.99. The van der Waals surface area contributed by atoms with Crippen LogP contribution in [0.5, 0.6) is 0 Å². The standard InChI is InChI=1S/C22H27N5O2/c28-20-18-10-6-1-2-7-11-19(18)26(16-17-8-4-3-5-9-17)22-23-21(24-27(20)22)25-12-14-29-15-13-25/h3-5,8-9H,1-2,6-7,10-16H2. The molecule has 0 spiro atoms. The molecule has 7 heteroatoms. The summed E-state index contributed by atoms with van der Waals surface area (Å²) in [4.78, 5) is 20.3. The van der Waals surface area contributed by atoms with Crippen molar-refractivity contribution in [2.75, 3.05) is 31.2 Å². The maximum absolute atomic E-state index is 13.3. The van der Waals surface area contributed by atoms with Crippen LogP contribution in [0.15, 0.2) is 35.1 Å². The average molecular weight is 393 g/mol. The minimum atomic E-state index is 0.00761. The van der Waals surface area contributed by atoms with Crippen molar-refractivity contribution in [2.24, 2.45) is 0 Å². The van der Waals surface area contributed by atoms with Gasteiger partial charge >= 0.3 is 0 Å². The normalized spacial score (nSPS) is 17.7. The van der Waals surface area contributed by atoms with Gasteiger partial charge < -0.3 is 14.2 Å². The molecule has 7 nitrogen and oxygen atoms in total. The second-order valence-electron chi connectivity index (χ2n) is 7.94. The van der Waals surface area contributed by atoms with Crippen LogP contribution in [-0.4, -0.2) is 45.5 Å². The van der Waals surface area contributed by atoms with Crippen molar-refractivity contribution in [3.05, 3.63) is 57.5 Å². The van der Waals surface area contributed by atoms with Crippen molar-refractivity contribution >= 4 is 11.7 Å². The fourth-order valence-corrected chi connectivity index (χ4v) is 4.45. The Balaban J connectivity index is 1.69.